The molecule has 0 radical (unpaired) electrons. The number of rotatable bonds is 6. The number of hydrogen-bond acceptors (Lipinski definition) is 4. The first-order valence-corrected chi connectivity index (χ1v) is 6.62. The lowest BCUT2D eigenvalue weighted by atomic mass is 10.2. The van der Waals surface area contributed by atoms with Crippen LogP contribution in [0.4, 0.5) is 5.82 Å². The molecule has 1 heterocycles. The van der Waals surface area contributed by atoms with Gasteiger partial charge in [-0.15, -0.1) is 0 Å². The van der Waals surface area contributed by atoms with Crippen molar-refractivity contribution in [2.24, 2.45) is 12.8 Å². The minimum atomic E-state index is -0.0545. The summed E-state index contributed by atoms with van der Waals surface area (Å²) in [4.78, 5) is 13.9. The largest absolute Gasteiger partial charge is 0.389 e. The summed E-state index contributed by atoms with van der Waals surface area (Å²) in [6, 6.07) is 0. The van der Waals surface area contributed by atoms with Crippen LogP contribution in [0, 0.1) is 6.92 Å². The van der Waals surface area contributed by atoms with Gasteiger partial charge in [0.05, 0.1) is 17.8 Å². The zero-order chi connectivity index (χ0) is 14.6. The van der Waals surface area contributed by atoms with E-state index in [-0.39, 0.29) is 12.5 Å². The van der Waals surface area contributed by atoms with Crippen molar-refractivity contribution in [3.63, 3.8) is 0 Å². The third-order valence-electron chi connectivity index (χ3n) is 2.84. The molecule has 0 saturated heterocycles. The van der Waals surface area contributed by atoms with Gasteiger partial charge in [-0.3, -0.25) is 9.48 Å². The highest BCUT2D eigenvalue weighted by Crippen LogP contribution is 2.23. The number of carbonyl (C=O) groups excluding carboxylic acids is 1. The van der Waals surface area contributed by atoms with E-state index < -0.39 is 0 Å². The number of amides is 1. The van der Waals surface area contributed by atoms with Gasteiger partial charge >= 0.3 is 0 Å². The molecule has 0 bridgehead atoms. The Morgan fingerprint density at radius 1 is 1.58 bits per heavy atom. The van der Waals surface area contributed by atoms with E-state index in [1.165, 1.54) is 0 Å². The van der Waals surface area contributed by atoms with E-state index in [1.807, 2.05) is 18.9 Å². The molecule has 1 rings (SSSR count). The zero-order valence-electron chi connectivity index (χ0n) is 11.9. The van der Waals surface area contributed by atoms with E-state index in [9.17, 15) is 4.79 Å². The van der Waals surface area contributed by atoms with Gasteiger partial charge in [0.15, 0.2) is 0 Å². The third-order valence-corrected chi connectivity index (χ3v) is 3.05. The maximum Gasteiger partial charge on any atom is 0.239 e. The fraction of sp³-hybridized carbons (Fsp3) is 0.583. The summed E-state index contributed by atoms with van der Waals surface area (Å²) >= 11 is 5.09. The van der Waals surface area contributed by atoms with Gasteiger partial charge in [0.25, 0.3) is 0 Å². The number of nitrogens with zero attached hydrogens (tertiary/aromatic N) is 3. The zero-order valence-corrected chi connectivity index (χ0v) is 12.7. The minimum absolute atomic E-state index is 0.0545. The van der Waals surface area contributed by atoms with Crippen molar-refractivity contribution in [2.45, 2.75) is 20.3 Å². The Morgan fingerprint density at radius 3 is 2.68 bits per heavy atom. The lowest BCUT2D eigenvalue weighted by Gasteiger charge is -2.24. The topological polar surface area (TPSA) is 76.2 Å². The Kier molecular flexibility index (Phi) is 5.29. The fourth-order valence-corrected chi connectivity index (χ4v) is 2.32. The Morgan fingerprint density at radius 2 is 2.21 bits per heavy atom. The van der Waals surface area contributed by atoms with Crippen LogP contribution in [0.2, 0.25) is 0 Å². The third kappa shape index (κ3) is 3.44. The monoisotopic (exact) mass is 283 g/mol. The normalized spacial score (nSPS) is 10.3. The van der Waals surface area contributed by atoms with Gasteiger partial charge in [-0.05, 0) is 13.3 Å². The molecule has 1 amide bonds. The second-order valence-electron chi connectivity index (χ2n) is 4.37. The summed E-state index contributed by atoms with van der Waals surface area (Å²) in [6.07, 6.45) is 0.915. The molecule has 0 spiro atoms. The number of thiocarbonyl (C=S) groups is 1. The van der Waals surface area contributed by atoms with Crippen LogP contribution in [-0.2, 0) is 11.8 Å². The number of anilines is 1. The van der Waals surface area contributed by atoms with Crippen LogP contribution in [0.5, 0.6) is 0 Å². The average Bonchev–Trinajstić information content (AvgIpc) is 2.63. The molecule has 0 fully saturated rings. The molecule has 0 aliphatic carbocycles. The number of aromatic nitrogens is 2. The lowest BCUT2D eigenvalue weighted by Crippen LogP contribution is -2.38. The Labute approximate surface area is 118 Å². The van der Waals surface area contributed by atoms with Gasteiger partial charge < -0.3 is 16.0 Å². The van der Waals surface area contributed by atoms with Crippen LogP contribution < -0.4 is 16.0 Å². The van der Waals surface area contributed by atoms with Crippen LogP contribution in [0.1, 0.15) is 24.6 Å². The molecule has 0 aliphatic heterocycles. The van der Waals surface area contributed by atoms with E-state index >= 15 is 0 Å². The van der Waals surface area contributed by atoms with Gasteiger partial charge in [-0.1, -0.05) is 19.1 Å². The van der Waals surface area contributed by atoms with Crippen molar-refractivity contribution in [1.82, 2.24) is 15.1 Å². The average molecular weight is 283 g/mol. The molecule has 6 nitrogen and oxygen atoms in total. The summed E-state index contributed by atoms with van der Waals surface area (Å²) in [5, 5.41) is 6.97. The van der Waals surface area contributed by atoms with Gasteiger partial charge in [-0.2, -0.15) is 5.10 Å². The summed E-state index contributed by atoms with van der Waals surface area (Å²) in [5.41, 5.74) is 7.30. The van der Waals surface area contributed by atoms with Gasteiger partial charge in [-0.25, -0.2) is 0 Å². The summed E-state index contributed by atoms with van der Waals surface area (Å²) in [5.74, 6) is 0.747. The second-order valence-corrected chi connectivity index (χ2v) is 4.81. The first-order valence-electron chi connectivity index (χ1n) is 6.21. The molecule has 0 atom stereocenters. The molecule has 0 aliphatic rings. The Hall–Kier alpha value is -1.63. The highest BCUT2D eigenvalue weighted by Gasteiger charge is 2.22. The van der Waals surface area contributed by atoms with Crippen LogP contribution in [0.3, 0.4) is 0 Å². The van der Waals surface area contributed by atoms with Crippen LogP contribution in [0.15, 0.2) is 0 Å². The Balaban J connectivity index is 3.21. The summed E-state index contributed by atoms with van der Waals surface area (Å²) in [7, 11) is 3.45. The van der Waals surface area contributed by atoms with E-state index in [4.69, 9.17) is 18.0 Å². The van der Waals surface area contributed by atoms with E-state index in [1.54, 1.807) is 11.7 Å². The van der Waals surface area contributed by atoms with E-state index in [0.717, 1.165) is 30.0 Å². The molecule has 0 unspecified atom stereocenters. The molecule has 1 aromatic heterocycles. The van der Waals surface area contributed by atoms with Crippen molar-refractivity contribution < 1.29 is 4.79 Å². The van der Waals surface area contributed by atoms with Gasteiger partial charge in [0.2, 0.25) is 5.91 Å². The molecular formula is C12H21N5OS. The SMILES string of the molecule is CCCN(CC(=O)NC)c1c(C(N)=S)c(C)nn1C. The molecule has 7 heteroatoms. The quantitative estimate of drug-likeness (QED) is 0.736. The maximum atomic E-state index is 11.6. The first kappa shape index (κ1) is 15.4. The predicted molar refractivity (Wildman–Crippen MR) is 80.4 cm³/mol. The number of nitrogens with one attached hydrogen (secondary N) is 1. The van der Waals surface area contributed by atoms with Crippen LogP contribution >= 0.6 is 12.2 Å². The lowest BCUT2D eigenvalue weighted by molar-refractivity contribution is -0.119. The molecule has 0 aromatic carbocycles. The number of carbonyl (C=O) groups is 1. The molecule has 19 heavy (non-hydrogen) atoms. The van der Waals surface area contributed by atoms with E-state index in [0.29, 0.717) is 4.99 Å². The molecular weight excluding hydrogens is 262 g/mol. The number of nitrogens with two attached hydrogens (primary N) is 1. The molecule has 0 saturated carbocycles. The van der Waals surface area contributed by atoms with Crippen molar-refractivity contribution in [1.29, 1.82) is 0 Å². The number of aryl methyl sites for hydroxylation is 2. The minimum Gasteiger partial charge on any atom is -0.389 e. The number of likely N-dealkylation sites (N-methyl/N-ethyl adjacent to an activating group) is 1. The van der Waals surface area contributed by atoms with Crippen LogP contribution in [0.25, 0.3) is 0 Å². The predicted octanol–water partition coefficient (Wildman–Crippen LogP) is 0.325. The maximum absolute atomic E-state index is 11.6. The van der Waals surface area contributed by atoms with Crippen LogP contribution in [-0.4, -0.2) is 40.8 Å². The highest BCUT2D eigenvalue weighted by atomic mass is 32.1. The summed E-state index contributed by atoms with van der Waals surface area (Å²) in [6.45, 7) is 4.92. The second kappa shape index (κ2) is 6.51. The van der Waals surface area contributed by atoms with Crippen molar-refractivity contribution in [3.05, 3.63) is 11.3 Å². The fourth-order valence-electron chi connectivity index (χ4n) is 2.08. The van der Waals surface area contributed by atoms with Crippen molar-refractivity contribution in [3.8, 4) is 0 Å². The molecule has 3 N–H and O–H groups in total. The summed E-state index contributed by atoms with van der Waals surface area (Å²) < 4.78 is 1.72. The Bertz CT molecular complexity index is 483. The van der Waals surface area contributed by atoms with Crippen molar-refractivity contribution in [2.75, 3.05) is 25.0 Å². The highest BCUT2D eigenvalue weighted by molar-refractivity contribution is 7.80. The molecule has 1 aromatic rings. The first-order chi connectivity index (χ1) is 8.92. The van der Waals surface area contributed by atoms with E-state index in [2.05, 4.69) is 17.3 Å². The van der Waals surface area contributed by atoms with Crippen molar-refractivity contribution >= 4 is 28.9 Å². The smallest absolute Gasteiger partial charge is 0.239 e. The standard InChI is InChI=1S/C12H21N5OS/c1-5-6-17(7-9(18)14-3)12-10(11(13)19)8(2)15-16(12)4/h5-7H2,1-4H3,(H2,13,19)(H,14,18). The van der Waals surface area contributed by atoms with Gasteiger partial charge in [0.1, 0.15) is 10.8 Å². The molecule has 106 valence electrons. The number of hydrogen-bond donors (Lipinski definition) is 2. The van der Waals surface area contributed by atoms with Gasteiger partial charge in [0, 0.05) is 20.6 Å².